The van der Waals surface area contributed by atoms with E-state index in [0.717, 1.165) is 11.1 Å². The lowest BCUT2D eigenvalue weighted by atomic mass is 10.2. The maximum absolute atomic E-state index is 12.9. The number of hydrogen-bond donors (Lipinski definition) is 0. The highest BCUT2D eigenvalue weighted by molar-refractivity contribution is 7.89. The van der Waals surface area contributed by atoms with Crippen molar-refractivity contribution >= 4 is 20.0 Å². The normalized spacial score (nSPS) is 19.3. The highest BCUT2D eigenvalue weighted by Gasteiger charge is 2.25. The van der Waals surface area contributed by atoms with Crippen LogP contribution in [0.3, 0.4) is 0 Å². The van der Waals surface area contributed by atoms with Crippen molar-refractivity contribution < 1.29 is 16.8 Å². The van der Waals surface area contributed by atoms with Crippen LogP contribution < -0.4 is 0 Å². The van der Waals surface area contributed by atoms with Gasteiger partial charge >= 0.3 is 0 Å². The molecule has 2 aromatic carbocycles. The summed E-state index contributed by atoms with van der Waals surface area (Å²) in [6.07, 6.45) is 6.79. The lowest BCUT2D eigenvalue weighted by Crippen LogP contribution is -2.34. The summed E-state index contributed by atoms with van der Waals surface area (Å²) >= 11 is 0. The fourth-order valence-electron chi connectivity index (χ4n) is 3.03. The Bertz CT molecular complexity index is 1030. The summed E-state index contributed by atoms with van der Waals surface area (Å²) in [7, 11) is -7.27. The van der Waals surface area contributed by atoms with E-state index in [1.54, 1.807) is 72.8 Å². The zero-order valence-electron chi connectivity index (χ0n) is 17.1. The summed E-state index contributed by atoms with van der Waals surface area (Å²) < 4.78 is 54.5. The second-order valence-corrected chi connectivity index (χ2v) is 11.1. The Balaban J connectivity index is 1.78. The van der Waals surface area contributed by atoms with Crippen LogP contribution in [0.5, 0.6) is 0 Å². The number of sulfonamides is 2. The van der Waals surface area contributed by atoms with Crippen LogP contribution in [-0.2, 0) is 20.0 Å². The molecule has 2 aromatic rings. The Morgan fingerprint density at radius 1 is 0.533 bits per heavy atom. The molecule has 0 atom stereocenters. The van der Waals surface area contributed by atoms with Gasteiger partial charge in [-0.2, -0.15) is 8.61 Å². The molecule has 1 aliphatic rings. The van der Waals surface area contributed by atoms with Crippen LogP contribution in [0.4, 0.5) is 0 Å². The van der Waals surface area contributed by atoms with Gasteiger partial charge in [0.25, 0.3) is 0 Å². The van der Waals surface area contributed by atoms with Crippen LogP contribution in [0.1, 0.15) is 11.1 Å². The van der Waals surface area contributed by atoms with E-state index in [9.17, 15) is 16.8 Å². The van der Waals surface area contributed by atoms with Gasteiger partial charge in [-0.25, -0.2) is 16.8 Å². The molecule has 1 heterocycles. The van der Waals surface area contributed by atoms with Crippen molar-refractivity contribution in [2.75, 3.05) is 26.2 Å². The average Bonchev–Trinajstić information content (AvgIpc) is 2.72. The van der Waals surface area contributed by atoms with Crippen molar-refractivity contribution in [3.8, 4) is 0 Å². The molecule has 8 heteroatoms. The SMILES string of the molecule is Cc1ccc(S(=O)(=O)N2C/C=C\CN(S(=O)(=O)c3ccc(C)cc3)C/C=C\C2)cc1. The van der Waals surface area contributed by atoms with E-state index in [0.29, 0.717) is 0 Å². The van der Waals surface area contributed by atoms with Gasteiger partial charge in [-0.3, -0.25) is 0 Å². The number of nitrogens with zero attached hydrogens (tertiary/aromatic N) is 2. The third-order valence-corrected chi connectivity index (χ3v) is 8.58. The van der Waals surface area contributed by atoms with E-state index in [2.05, 4.69) is 0 Å². The van der Waals surface area contributed by atoms with Crippen molar-refractivity contribution in [3.63, 3.8) is 0 Å². The lowest BCUT2D eigenvalue weighted by Gasteiger charge is -2.22. The molecule has 0 aliphatic carbocycles. The van der Waals surface area contributed by atoms with Crippen LogP contribution in [0.2, 0.25) is 0 Å². The Hall–Kier alpha value is -2.26. The van der Waals surface area contributed by atoms with E-state index in [-0.39, 0.29) is 36.0 Å². The first-order valence-electron chi connectivity index (χ1n) is 9.65. The molecule has 0 spiro atoms. The number of hydrogen-bond acceptors (Lipinski definition) is 4. The molecular formula is C22H26N2O4S2. The van der Waals surface area contributed by atoms with Gasteiger partial charge in [0.15, 0.2) is 0 Å². The fraction of sp³-hybridized carbons (Fsp3) is 0.273. The molecule has 0 saturated carbocycles. The first-order chi connectivity index (χ1) is 14.2. The smallest absolute Gasteiger partial charge is 0.207 e. The second-order valence-electron chi connectivity index (χ2n) is 7.21. The van der Waals surface area contributed by atoms with Crippen LogP contribution in [0.25, 0.3) is 0 Å². The molecule has 0 aromatic heterocycles. The highest BCUT2D eigenvalue weighted by atomic mass is 32.2. The lowest BCUT2D eigenvalue weighted by molar-refractivity contribution is 0.458. The maximum Gasteiger partial charge on any atom is 0.243 e. The molecule has 0 N–H and O–H groups in total. The summed E-state index contributed by atoms with van der Waals surface area (Å²) in [5.74, 6) is 0. The molecule has 0 radical (unpaired) electrons. The third kappa shape index (κ3) is 5.07. The van der Waals surface area contributed by atoms with Crippen LogP contribution in [-0.4, -0.2) is 51.6 Å². The van der Waals surface area contributed by atoms with Crippen LogP contribution in [0.15, 0.2) is 82.6 Å². The fourth-order valence-corrected chi connectivity index (χ4v) is 5.71. The van der Waals surface area contributed by atoms with Gasteiger partial charge in [-0.1, -0.05) is 59.7 Å². The van der Waals surface area contributed by atoms with Gasteiger partial charge in [0.2, 0.25) is 20.0 Å². The van der Waals surface area contributed by atoms with Gasteiger partial charge in [-0.15, -0.1) is 0 Å². The van der Waals surface area contributed by atoms with Gasteiger partial charge in [0.05, 0.1) is 9.79 Å². The highest BCUT2D eigenvalue weighted by Crippen LogP contribution is 2.19. The van der Waals surface area contributed by atoms with E-state index in [1.165, 1.54) is 8.61 Å². The molecule has 0 fully saturated rings. The Kier molecular flexibility index (Phi) is 6.92. The molecule has 30 heavy (non-hydrogen) atoms. The van der Waals surface area contributed by atoms with Crippen molar-refractivity contribution in [1.82, 2.24) is 8.61 Å². The molecule has 0 saturated heterocycles. The average molecular weight is 447 g/mol. The summed E-state index contributed by atoms with van der Waals surface area (Å²) in [5, 5.41) is 0. The minimum Gasteiger partial charge on any atom is -0.207 e. The first-order valence-corrected chi connectivity index (χ1v) is 12.5. The Morgan fingerprint density at radius 3 is 1.07 bits per heavy atom. The summed E-state index contributed by atoms with van der Waals surface area (Å²) in [4.78, 5) is 0.492. The standard InChI is InChI=1S/C22H26N2O4S2/c1-19-7-11-21(12-8-19)29(25,26)23-15-3-5-17-24(18-6-4-16-23)30(27,28)22-13-9-20(2)10-14-22/h3-14H,15-18H2,1-2H3/b5-3-,6-4-. The van der Waals surface area contributed by atoms with Gasteiger partial charge in [-0.05, 0) is 38.1 Å². The quantitative estimate of drug-likeness (QED) is 0.677. The van der Waals surface area contributed by atoms with Crippen molar-refractivity contribution in [1.29, 1.82) is 0 Å². The molecule has 0 amide bonds. The Labute approximate surface area is 179 Å². The molecule has 0 unspecified atom stereocenters. The predicted octanol–water partition coefficient (Wildman–Crippen LogP) is 3.11. The molecule has 1 aliphatic heterocycles. The molecular weight excluding hydrogens is 420 g/mol. The van der Waals surface area contributed by atoms with Crippen LogP contribution in [0, 0.1) is 13.8 Å². The van der Waals surface area contributed by atoms with Crippen molar-refractivity contribution in [2.45, 2.75) is 23.6 Å². The molecule has 6 nitrogen and oxygen atoms in total. The first kappa shape index (κ1) is 22.4. The van der Waals surface area contributed by atoms with Crippen LogP contribution >= 0.6 is 0 Å². The zero-order valence-corrected chi connectivity index (χ0v) is 18.7. The minimum absolute atomic E-state index is 0.166. The third-order valence-electron chi connectivity index (χ3n) is 4.89. The van der Waals surface area contributed by atoms with E-state index in [4.69, 9.17) is 0 Å². The number of rotatable bonds is 4. The largest absolute Gasteiger partial charge is 0.243 e. The van der Waals surface area contributed by atoms with E-state index in [1.807, 2.05) is 13.8 Å². The summed E-state index contributed by atoms with van der Waals surface area (Å²) in [6.45, 7) is 4.47. The number of aryl methyl sites for hydroxylation is 2. The zero-order chi connectivity index (χ0) is 21.8. The predicted molar refractivity (Wildman–Crippen MR) is 118 cm³/mol. The molecule has 160 valence electrons. The number of benzene rings is 2. The van der Waals surface area contributed by atoms with Gasteiger partial charge < -0.3 is 0 Å². The van der Waals surface area contributed by atoms with Gasteiger partial charge in [0.1, 0.15) is 0 Å². The second kappa shape index (κ2) is 9.26. The van der Waals surface area contributed by atoms with Gasteiger partial charge in [0, 0.05) is 26.2 Å². The summed E-state index contributed by atoms with van der Waals surface area (Å²) in [5.41, 5.74) is 1.98. The maximum atomic E-state index is 12.9. The minimum atomic E-state index is -3.64. The van der Waals surface area contributed by atoms with E-state index >= 15 is 0 Å². The van der Waals surface area contributed by atoms with E-state index < -0.39 is 20.0 Å². The monoisotopic (exact) mass is 446 g/mol. The molecule has 3 rings (SSSR count). The Morgan fingerprint density at radius 2 is 0.800 bits per heavy atom. The van der Waals surface area contributed by atoms with Crippen molar-refractivity contribution in [2.24, 2.45) is 0 Å². The molecule has 0 bridgehead atoms. The van der Waals surface area contributed by atoms with Crippen molar-refractivity contribution in [3.05, 3.63) is 84.0 Å². The summed E-state index contributed by atoms with van der Waals surface area (Å²) in [6, 6.07) is 13.5. The topological polar surface area (TPSA) is 74.8 Å².